The fourth-order valence-electron chi connectivity index (χ4n) is 1.17. The highest BCUT2D eigenvalue weighted by Gasteiger charge is 2.15. The first kappa shape index (κ1) is 10.4. The average molecular weight is 206 g/mol. The molecule has 0 aliphatic carbocycles. The molecule has 1 aromatic rings. The predicted molar refractivity (Wildman–Crippen MR) is 49.2 cm³/mol. The van der Waals surface area contributed by atoms with Crippen molar-refractivity contribution in [1.29, 1.82) is 0 Å². The SMILES string of the molecule is CNCc1cccc(Cl)c1C(F)F. The van der Waals surface area contributed by atoms with E-state index in [-0.39, 0.29) is 10.6 Å². The maximum atomic E-state index is 12.5. The highest BCUT2D eigenvalue weighted by atomic mass is 35.5. The third kappa shape index (κ3) is 2.39. The molecule has 1 rings (SSSR count). The molecule has 0 spiro atoms. The fourth-order valence-corrected chi connectivity index (χ4v) is 1.45. The molecule has 0 fully saturated rings. The van der Waals surface area contributed by atoms with Crippen LogP contribution < -0.4 is 5.32 Å². The van der Waals surface area contributed by atoms with Gasteiger partial charge in [0.05, 0.1) is 0 Å². The summed E-state index contributed by atoms with van der Waals surface area (Å²) < 4.78 is 25.0. The standard InChI is InChI=1S/C9H10ClF2N/c1-13-5-6-3-2-4-7(10)8(6)9(11)12/h2-4,9,13H,5H2,1H3. The topological polar surface area (TPSA) is 12.0 Å². The number of halogens is 3. The molecule has 13 heavy (non-hydrogen) atoms. The van der Waals surface area contributed by atoms with Gasteiger partial charge in [0.15, 0.2) is 0 Å². The van der Waals surface area contributed by atoms with E-state index in [0.717, 1.165) is 0 Å². The number of rotatable bonds is 3. The molecule has 1 aromatic carbocycles. The van der Waals surface area contributed by atoms with Gasteiger partial charge >= 0.3 is 0 Å². The van der Waals surface area contributed by atoms with Crippen molar-refractivity contribution in [2.75, 3.05) is 7.05 Å². The summed E-state index contributed by atoms with van der Waals surface area (Å²) in [6, 6.07) is 4.78. The molecule has 0 saturated heterocycles. The normalized spacial score (nSPS) is 10.8. The molecule has 0 heterocycles. The van der Waals surface area contributed by atoms with Crippen molar-refractivity contribution in [3.8, 4) is 0 Å². The summed E-state index contributed by atoms with van der Waals surface area (Å²) in [5, 5.41) is 2.94. The smallest absolute Gasteiger partial charge is 0.265 e. The zero-order valence-electron chi connectivity index (χ0n) is 7.15. The zero-order chi connectivity index (χ0) is 9.84. The first-order valence-electron chi connectivity index (χ1n) is 3.87. The molecule has 1 N–H and O–H groups in total. The second-order valence-electron chi connectivity index (χ2n) is 2.64. The number of hydrogen-bond acceptors (Lipinski definition) is 1. The van der Waals surface area contributed by atoms with Crippen LogP contribution >= 0.6 is 11.6 Å². The van der Waals surface area contributed by atoms with Crippen LogP contribution in [0, 0.1) is 0 Å². The summed E-state index contributed by atoms with van der Waals surface area (Å²) in [5.41, 5.74) is 0.475. The lowest BCUT2D eigenvalue weighted by Gasteiger charge is -2.09. The molecular formula is C9H10ClF2N. The van der Waals surface area contributed by atoms with Crippen molar-refractivity contribution >= 4 is 11.6 Å². The maximum Gasteiger partial charge on any atom is 0.265 e. The van der Waals surface area contributed by atoms with Crippen LogP contribution in [0.15, 0.2) is 18.2 Å². The lowest BCUT2D eigenvalue weighted by molar-refractivity contribution is 0.150. The van der Waals surface area contributed by atoms with Gasteiger partial charge in [-0.05, 0) is 18.7 Å². The minimum absolute atomic E-state index is 0.0708. The van der Waals surface area contributed by atoms with Crippen LogP contribution in [0.25, 0.3) is 0 Å². The van der Waals surface area contributed by atoms with E-state index in [0.29, 0.717) is 12.1 Å². The van der Waals surface area contributed by atoms with Crippen LogP contribution in [0.5, 0.6) is 0 Å². The van der Waals surface area contributed by atoms with Crippen LogP contribution in [0.3, 0.4) is 0 Å². The van der Waals surface area contributed by atoms with Gasteiger partial charge in [0.2, 0.25) is 0 Å². The van der Waals surface area contributed by atoms with Gasteiger partial charge in [-0.15, -0.1) is 0 Å². The van der Waals surface area contributed by atoms with Crippen molar-refractivity contribution in [3.05, 3.63) is 34.3 Å². The Labute approximate surface area is 80.7 Å². The van der Waals surface area contributed by atoms with Crippen molar-refractivity contribution in [3.63, 3.8) is 0 Å². The molecule has 0 aliphatic heterocycles. The molecule has 0 aliphatic rings. The Morgan fingerprint density at radius 2 is 2.15 bits per heavy atom. The summed E-state index contributed by atoms with van der Waals surface area (Å²) in [6.07, 6.45) is -2.52. The molecule has 0 unspecified atom stereocenters. The highest BCUT2D eigenvalue weighted by Crippen LogP contribution is 2.29. The van der Waals surface area contributed by atoms with E-state index in [2.05, 4.69) is 5.32 Å². The third-order valence-electron chi connectivity index (χ3n) is 1.73. The number of hydrogen-bond donors (Lipinski definition) is 1. The second kappa shape index (κ2) is 4.53. The van der Waals surface area contributed by atoms with E-state index in [9.17, 15) is 8.78 Å². The Hall–Kier alpha value is -0.670. The van der Waals surface area contributed by atoms with Gasteiger partial charge in [-0.25, -0.2) is 8.78 Å². The lowest BCUT2D eigenvalue weighted by atomic mass is 10.1. The summed E-state index contributed by atoms with van der Waals surface area (Å²) in [5.74, 6) is 0. The Bertz CT molecular complexity index is 289. The molecule has 0 amide bonds. The summed E-state index contributed by atoms with van der Waals surface area (Å²) in [4.78, 5) is 0. The summed E-state index contributed by atoms with van der Waals surface area (Å²) >= 11 is 5.65. The predicted octanol–water partition coefficient (Wildman–Crippen LogP) is 3.00. The molecule has 72 valence electrons. The van der Waals surface area contributed by atoms with Gasteiger partial charge in [0.1, 0.15) is 0 Å². The Morgan fingerprint density at radius 3 is 2.69 bits per heavy atom. The molecular weight excluding hydrogens is 196 g/mol. The summed E-state index contributed by atoms with van der Waals surface area (Å²) in [7, 11) is 1.70. The van der Waals surface area contributed by atoms with E-state index in [1.54, 1.807) is 19.2 Å². The van der Waals surface area contributed by atoms with Crippen molar-refractivity contribution in [2.45, 2.75) is 13.0 Å². The maximum absolute atomic E-state index is 12.5. The number of alkyl halides is 2. The second-order valence-corrected chi connectivity index (χ2v) is 3.05. The minimum atomic E-state index is -2.52. The van der Waals surface area contributed by atoms with Crippen LogP contribution in [-0.2, 0) is 6.54 Å². The third-order valence-corrected chi connectivity index (χ3v) is 2.06. The van der Waals surface area contributed by atoms with E-state index in [1.165, 1.54) is 6.07 Å². The monoisotopic (exact) mass is 205 g/mol. The Balaban J connectivity index is 3.10. The first-order chi connectivity index (χ1) is 6.16. The number of nitrogens with one attached hydrogen (secondary N) is 1. The van der Waals surface area contributed by atoms with Gasteiger partial charge in [-0.1, -0.05) is 23.7 Å². The van der Waals surface area contributed by atoms with Crippen molar-refractivity contribution < 1.29 is 8.78 Å². The molecule has 4 heteroatoms. The van der Waals surface area contributed by atoms with Crippen LogP contribution in [-0.4, -0.2) is 7.05 Å². The molecule has 0 radical (unpaired) electrons. The Morgan fingerprint density at radius 1 is 1.46 bits per heavy atom. The van der Waals surface area contributed by atoms with Gasteiger partial charge < -0.3 is 5.32 Å². The molecule has 0 aromatic heterocycles. The van der Waals surface area contributed by atoms with Gasteiger partial charge in [0, 0.05) is 17.1 Å². The molecule has 0 saturated carbocycles. The lowest BCUT2D eigenvalue weighted by Crippen LogP contribution is -2.08. The molecule has 0 bridgehead atoms. The number of benzene rings is 1. The molecule has 1 nitrogen and oxygen atoms in total. The zero-order valence-corrected chi connectivity index (χ0v) is 7.91. The first-order valence-corrected chi connectivity index (χ1v) is 4.24. The average Bonchev–Trinajstić information content (AvgIpc) is 2.04. The van der Waals surface area contributed by atoms with Crippen molar-refractivity contribution in [1.82, 2.24) is 5.32 Å². The van der Waals surface area contributed by atoms with E-state index in [4.69, 9.17) is 11.6 Å². The fraction of sp³-hybridized carbons (Fsp3) is 0.333. The van der Waals surface area contributed by atoms with Crippen LogP contribution in [0.4, 0.5) is 8.78 Å². The van der Waals surface area contributed by atoms with Gasteiger partial charge in [-0.3, -0.25) is 0 Å². The Kier molecular flexibility index (Phi) is 3.63. The van der Waals surface area contributed by atoms with Crippen LogP contribution in [0.1, 0.15) is 17.6 Å². The van der Waals surface area contributed by atoms with Gasteiger partial charge in [-0.2, -0.15) is 0 Å². The quantitative estimate of drug-likeness (QED) is 0.800. The summed E-state index contributed by atoms with van der Waals surface area (Å²) in [6.45, 7) is 0.403. The van der Waals surface area contributed by atoms with E-state index >= 15 is 0 Å². The van der Waals surface area contributed by atoms with Crippen LogP contribution in [0.2, 0.25) is 5.02 Å². The van der Waals surface area contributed by atoms with E-state index in [1.807, 2.05) is 0 Å². The molecule has 0 atom stereocenters. The van der Waals surface area contributed by atoms with E-state index < -0.39 is 6.43 Å². The minimum Gasteiger partial charge on any atom is -0.316 e. The highest BCUT2D eigenvalue weighted by molar-refractivity contribution is 6.31. The van der Waals surface area contributed by atoms with Crippen molar-refractivity contribution in [2.24, 2.45) is 0 Å². The van der Waals surface area contributed by atoms with Gasteiger partial charge in [0.25, 0.3) is 6.43 Å². The largest absolute Gasteiger partial charge is 0.316 e.